The number of phenols is 2. The number of aryl methyl sites for hydroxylation is 2. The maximum absolute atomic E-state index is 13.7. The van der Waals surface area contributed by atoms with Crippen LogP contribution in [0.4, 0.5) is 0 Å². The van der Waals surface area contributed by atoms with Gasteiger partial charge in [0.1, 0.15) is 23.1 Å². The second-order valence-electron chi connectivity index (χ2n) is 7.76. The topological polar surface area (TPSA) is 131 Å². The molecule has 3 aromatic rings. The lowest BCUT2D eigenvalue weighted by molar-refractivity contribution is 0.382. The molecule has 1 aromatic heterocycles. The number of para-hydroxylation sites is 1. The Morgan fingerprint density at radius 1 is 1.18 bits per heavy atom. The number of nitriles is 1. The molecule has 2 aromatic carbocycles. The number of ether oxygens (including phenoxy) is 2. The number of hydrogen-bond acceptors (Lipinski definition) is 7. The molecule has 1 aliphatic heterocycles. The number of pyridine rings is 1. The van der Waals surface area contributed by atoms with Crippen molar-refractivity contribution in [2.75, 3.05) is 7.11 Å². The normalized spacial score (nSPS) is 14.9. The summed E-state index contributed by atoms with van der Waals surface area (Å²) in [7, 11) is 1.53. The van der Waals surface area contributed by atoms with Crippen molar-refractivity contribution < 1.29 is 19.7 Å². The van der Waals surface area contributed by atoms with E-state index in [-0.39, 0.29) is 28.5 Å². The summed E-state index contributed by atoms with van der Waals surface area (Å²) in [6, 6.07) is 15.6. The highest BCUT2D eigenvalue weighted by molar-refractivity contribution is 5.58. The van der Waals surface area contributed by atoms with Gasteiger partial charge in [-0.3, -0.25) is 4.79 Å². The van der Waals surface area contributed by atoms with E-state index < -0.39 is 5.92 Å². The van der Waals surface area contributed by atoms with Crippen molar-refractivity contribution in [3.63, 3.8) is 0 Å². The van der Waals surface area contributed by atoms with E-state index >= 15 is 0 Å². The molecule has 0 spiro atoms. The molecular formula is C25H23N3O5. The van der Waals surface area contributed by atoms with Crippen molar-refractivity contribution in [2.45, 2.75) is 25.8 Å². The van der Waals surface area contributed by atoms with Crippen LogP contribution in [0.5, 0.6) is 23.0 Å². The van der Waals surface area contributed by atoms with Gasteiger partial charge < -0.3 is 30.0 Å². The third-order valence-corrected chi connectivity index (χ3v) is 5.80. The molecular weight excluding hydrogens is 422 g/mol. The minimum absolute atomic E-state index is 0.0444. The Morgan fingerprint density at radius 2 is 1.94 bits per heavy atom. The molecule has 33 heavy (non-hydrogen) atoms. The molecule has 4 N–H and O–H groups in total. The number of nitrogens with zero attached hydrogens (tertiary/aromatic N) is 2. The van der Waals surface area contributed by atoms with Crippen LogP contribution in [0.3, 0.4) is 0 Å². The maximum atomic E-state index is 13.7. The Morgan fingerprint density at radius 3 is 2.64 bits per heavy atom. The summed E-state index contributed by atoms with van der Waals surface area (Å²) in [5.74, 6) is -0.369. The molecule has 0 unspecified atom stereocenters. The van der Waals surface area contributed by atoms with Crippen LogP contribution in [0.15, 0.2) is 64.8 Å². The molecule has 0 radical (unpaired) electrons. The fourth-order valence-corrected chi connectivity index (χ4v) is 4.15. The van der Waals surface area contributed by atoms with E-state index in [1.807, 2.05) is 12.1 Å². The number of fused-ring (bicyclic) bond motifs is 1. The Kier molecular flexibility index (Phi) is 5.71. The lowest BCUT2D eigenvalue weighted by Crippen LogP contribution is -2.33. The van der Waals surface area contributed by atoms with E-state index in [4.69, 9.17) is 15.2 Å². The number of hydrogen-bond donors (Lipinski definition) is 3. The van der Waals surface area contributed by atoms with Crippen molar-refractivity contribution in [1.82, 2.24) is 4.57 Å². The number of methoxy groups -OCH3 is 1. The zero-order valence-corrected chi connectivity index (χ0v) is 18.2. The van der Waals surface area contributed by atoms with Gasteiger partial charge in [0.25, 0.3) is 5.56 Å². The molecule has 8 heteroatoms. The van der Waals surface area contributed by atoms with Gasteiger partial charge in [0.05, 0.1) is 18.6 Å². The van der Waals surface area contributed by atoms with Gasteiger partial charge in [-0.25, -0.2) is 0 Å². The molecule has 0 saturated carbocycles. The maximum Gasteiger partial charge on any atom is 0.258 e. The standard InChI is InChI=1S/C25H23N3O5/c1-14-11-21-23(25(31)28(14)10-9-15-7-8-18(29)19(30)12-15)22(17(13-26)24(27)33-21)16-5-3-4-6-20(16)32-2/h3-8,11-12,22,29-30H,9-10,27H2,1-2H3/t22-/m1/s1. The third-order valence-electron chi connectivity index (χ3n) is 5.80. The number of allylic oxidation sites excluding steroid dienone is 1. The van der Waals surface area contributed by atoms with Crippen molar-refractivity contribution >= 4 is 0 Å². The molecule has 168 valence electrons. The van der Waals surface area contributed by atoms with Crippen LogP contribution in [0, 0.1) is 18.3 Å². The Hall–Kier alpha value is -4.38. The summed E-state index contributed by atoms with van der Waals surface area (Å²) >= 11 is 0. The largest absolute Gasteiger partial charge is 0.504 e. The fourth-order valence-electron chi connectivity index (χ4n) is 4.15. The minimum Gasteiger partial charge on any atom is -0.504 e. The number of benzene rings is 2. The number of phenolic OH excluding ortho intramolecular Hbond substituents is 2. The number of nitrogens with two attached hydrogens (primary N) is 1. The average molecular weight is 445 g/mol. The summed E-state index contributed by atoms with van der Waals surface area (Å²) in [6.45, 7) is 2.11. The molecule has 1 atom stereocenters. The molecule has 0 amide bonds. The predicted octanol–water partition coefficient (Wildman–Crippen LogP) is 3.04. The number of aromatic hydroxyl groups is 2. The molecule has 8 nitrogen and oxygen atoms in total. The summed E-state index contributed by atoms with van der Waals surface area (Å²) < 4.78 is 12.8. The first kappa shape index (κ1) is 21.8. The van der Waals surface area contributed by atoms with Gasteiger partial charge in [0.2, 0.25) is 5.88 Å². The van der Waals surface area contributed by atoms with Crippen LogP contribution in [-0.2, 0) is 13.0 Å². The first-order valence-electron chi connectivity index (χ1n) is 10.3. The monoisotopic (exact) mass is 445 g/mol. The van der Waals surface area contributed by atoms with Crippen molar-refractivity contribution in [3.05, 3.63) is 92.7 Å². The van der Waals surface area contributed by atoms with Crippen molar-refractivity contribution in [3.8, 4) is 29.1 Å². The smallest absolute Gasteiger partial charge is 0.258 e. The zero-order valence-electron chi connectivity index (χ0n) is 18.2. The van der Waals surface area contributed by atoms with Gasteiger partial charge in [-0.15, -0.1) is 0 Å². The summed E-state index contributed by atoms with van der Waals surface area (Å²) in [5.41, 5.74) is 8.27. The van der Waals surface area contributed by atoms with Crippen LogP contribution in [0.25, 0.3) is 0 Å². The van der Waals surface area contributed by atoms with Gasteiger partial charge in [-0.1, -0.05) is 24.3 Å². The summed E-state index contributed by atoms with van der Waals surface area (Å²) in [5, 5.41) is 29.1. The van der Waals surface area contributed by atoms with Crippen molar-refractivity contribution in [2.24, 2.45) is 5.73 Å². The van der Waals surface area contributed by atoms with Crippen LogP contribution >= 0.6 is 0 Å². The highest BCUT2D eigenvalue weighted by atomic mass is 16.5. The zero-order chi connectivity index (χ0) is 23.7. The first-order valence-corrected chi connectivity index (χ1v) is 10.3. The Labute approximate surface area is 190 Å². The number of rotatable bonds is 5. The lowest BCUT2D eigenvalue weighted by atomic mass is 9.83. The average Bonchev–Trinajstić information content (AvgIpc) is 2.80. The van der Waals surface area contributed by atoms with Gasteiger partial charge in [0, 0.05) is 23.9 Å². The van der Waals surface area contributed by atoms with Crippen LogP contribution in [0.1, 0.15) is 28.3 Å². The van der Waals surface area contributed by atoms with E-state index in [2.05, 4.69) is 6.07 Å². The first-order chi connectivity index (χ1) is 15.8. The van der Waals surface area contributed by atoms with Gasteiger partial charge in [0.15, 0.2) is 11.5 Å². The van der Waals surface area contributed by atoms with Crippen LogP contribution in [0.2, 0.25) is 0 Å². The second kappa shape index (κ2) is 8.63. The molecule has 0 saturated heterocycles. The van der Waals surface area contributed by atoms with E-state index in [0.717, 1.165) is 5.56 Å². The minimum atomic E-state index is -0.744. The fraction of sp³-hybridized carbons (Fsp3) is 0.200. The second-order valence-corrected chi connectivity index (χ2v) is 7.76. The molecule has 0 fully saturated rings. The van der Waals surface area contributed by atoms with Crippen molar-refractivity contribution in [1.29, 1.82) is 5.26 Å². The lowest BCUT2D eigenvalue weighted by Gasteiger charge is -2.28. The quantitative estimate of drug-likeness (QED) is 0.515. The third kappa shape index (κ3) is 3.85. The van der Waals surface area contributed by atoms with E-state index in [1.54, 1.807) is 35.8 Å². The predicted molar refractivity (Wildman–Crippen MR) is 121 cm³/mol. The molecule has 1 aliphatic rings. The van der Waals surface area contributed by atoms with Crippen LogP contribution in [-0.4, -0.2) is 21.9 Å². The molecule has 0 bridgehead atoms. The molecule has 4 rings (SSSR count). The van der Waals surface area contributed by atoms with Gasteiger partial charge >= 0.3 is 0 Å². The molecule has 2 heterocycles. The highest BCUT2D eigenvalue weighted by Gasteiger charge is 2.35. The molecule has 0 aliphatic carbocycles. The van der Waals surface area contributed by atoms with Gasteiger partial charge in [-0.05, 0) is 37.1 Å². The Balaban J connectivity index is 1.83. The SMILES string of the molecule is COc1ccccc1[C@@H]1C(C#N)=C(N)Oc2cc(C)n(CCc3ccc(O)c(O)c3)c(=O)c21. The number of aromatic nitrogens is 1. The van der Waals surface area contributed by atoms with E-state index in [0.29, 0.717) is 41.3 Å². The summed E-state index contributed by atoms with van der Waals surface area (Å²) in [4.78, 5) is 13.7. The van der Waals surface area contributed by atoms with Crippen LogP contribution < -0.4 is 20.8 Å². The highest BCUT2D eigenvalue weighted by Crippen LogP contribution is 2.43. The van der Waals surface area contributed by atoms with Gasteiger partial charge in [-0.2, -0.15) is 5.26 Å². The summed E-state index contributed by atoms with van der Waals surface area (Å²) in [6.07, 6.45) is 0.441. The Bertz CT molecular complexity index is 1370. The van der Waals surface area contributed by atoms with E-state index in [9.17, 15) is 20.3 Å². The van der Waals surface area contributed by atoms with E-state index in [1.165, 1.54) is 19.2 Å².